The first-order chi connectivity index (χ1) is 15.8. The Kier molecular flexibility index (Phi) is 6.67. The number of amides is 1. The molecule has 33 heavy (non-hydrogen) atoms. The van der Waals surface area contributed by atoms with Gasteiger partial charge in [-0.2, -0.15) is 0 Å². The lowest BCUT2D eigenvalue weighted by Gasteiger charge is -2.35. The Morgan fingerprint density at radius 1 is 1.18 bits per heavy atom. The number of piperidine rings is 1. The van der Waals surface area contributed by atoms with Crippen LogP contribution in [0, 0.1) is 12.8 Å². The van der Waals surface area contributed by atoms with Crippen LogP contribution in [0.2, 0.25) is 0 Å². The summed E-state index contributed by atoms with van der Waals surface area (Å²) in [5.74, 6) is -1.86. The average molecular weight is 461 g/mol. The standard InChI is InChI=1S/C24H30F2N4O3/c1-15-10-22(27-2)29-12-18(15)16-5-8-30(9-6-16)23(31)19-11-20(32-3)21(13-28-19)33-14-17-4-7-24(17,25)26/h10-13,16-17H,4-9,14H2,1-3H3,(H,27,29). The number of rotatable bonds is 7. The van der Waals surface area contributed by atoms with Crippen molar-refractivity contribution in [3.05, 3.63) is 41.3 Å². The van der Waals surface area contributed by atoms with Gasteiger partial charge in [0.25, 0.3) is 11.8 Å². The molecule has 1 aliphatic heterocycles. The number of anilines is 1. The molecule has 0 bridgehead atoms. The molecule has 2 aromatic rings. The van der Waals surface area contributed by atoms with E-state index in [0.29, 0.717) is 31.2 Å². The van der Waals surface area contributed by atoms with Crippen molar-refractivity contribution < 1.29 is 23.0 Å². The van der Waals surface area contributed by atoms with Crippen LogP contribution in [0.25, 0.3) is 0 Å². The SMILES string of the molecule is CNc1cc(C)c(C2CCN(C(=O)c3cc(OC)c(OCC4CCC4(F)F)cn3)CC2)cn1. The maximum atomic E-state index is 13.5. The van der Waals surface area contributed by atoms with Crippen LogP contribution in [0.1, 0.15) is 53.2 Å². The molecule has 2 aromatic heterocycles. The van der Waals surface area contributed by atoms with Gasteiger partial charge in [0.05, 0.1) is 25.8 Å². The van der Waals surface area contributed by atoms with Gasteiger partial charge in [-0.1, -0.05) is 0 Å². The topological polar surface area (TPSA) is 76.6 Å². The second kappa shape index (κ2) is 9.49. The number of methoxy groups -OCH3 is 1. The molecule has 1 saturated heterocycles. The molecule has 1 atom stereocenters. The molecule has 1 aliphatic carbocycles. The minimum atomic E-state index is -2.67. The van der Waals surface area contributed by atoms with Crippen molar-refractivity contribution in [3.8, 4) is 11.5 Å². The molecule has 2 fully saturated rings. The fourth-order valence-corrected chi connectivity index (χ4v) is 4.46. The molecule has 0 radical (unpaired) electrons. The maximum Gasteiger partial charge on any atom is 0.272 e. The zero-order valence-electron chi connectivity index (χ0n) is 19.2. The van der Waals surface area contributed by atoms with Gasteiger partial charge in [-0.3, -0.25) is 4.79 Å². The summed E-state index contributed by atoms with van der Waals surface area (Å²) in [6.07, 6.45) is 5.34. The van der Waals surface area contributed by atoms with Gasteiger partial charge in [-0.15, -0.1) is 0 Å². The molecule has 9 heteroatoms. The first kappa shape index (κ1) is 23.2. The molecule has 1 unspecified atom stereocenters. The Balaban J connectivity index is 1.37. The van der Waals surface area contributed by atoms with Crippen LogP contribution in [0.15, 0.2) is 24.5 Å². The van der Waals surface area contributed by atoms with Crippen molar-refractivity contribution in [2.75, 3.05) is 39.2 Å². The van der Waals surface area contributed by atoms with Crippen LogP contribution in [-0.4, -0.2) is 60.6 Å². The number of nitrogens with zero attached hydrogens (tertiary/aromatic N) is 3. The number of pyridine rings is 2. The number of nitrogens with one attached hydrogen (secondary N) is 1. The zero-order valence-corrected chi connectivity index (χ0v) is 19.2. The average Bonchev–Trinajstić information content (AvgIpc) is 2.83. The fourth-order valence-electron chi connectivity index (χ4n) is 4.46. The molecule has 2 aliphatic rings. The van der Waals surface area contributed by atoms with E-state index in [4.69, 9.17) is 9.47 Å². The lowest BCUT2D eigenvalue weighted by Crippen LogP contribution is -2.42. The quantitative estimate of drug-likeness (QED) is 0.665. The molecule has 0 aromatic carbocycles. The summed E-state index contributed by atoms with van der Waals surface area (Å²) in [5.41, 5.74) is 2.67. The van der Waals surface area contributed by atoms with Gasteiger partial charge in [-0.25, -0.2) is 18.7 Å². The van der Waals surface area contributed by atoms with Gasteiger partial charge >= 0.3 is 0 Å². The van der Waals surface area contributed by atoms with E-state index in [1.807, 2.05) is 19.3 Å². The fraction of sp³-hybridized carbons (Fsp3) is 0.542. The van der Waals surface area contributed by atoms with Gasteiger partial charge in [0.2, 0.25) is 0 Å². The van der Waals surface area contributed by atoms with Crippen molar-refractivity contribution in [1.29, 1.82) is 0 Å². The number of halogens is 2. The predicted molar refractivity (Wildman–Crippen MR) is 120 cm³/mol. The van der Waals surface area contributed by atoms with Gasteiger partial charge in [0.15, 0.2) is 11.5 Å². The van der Waals surface area contributed by atoms with Gasteiger partial charge < -0.3 is 19.7 Å². The highest BCUT2D eigenvalue weighted by atomic mass is 19.3. The molecular formula is C24H30F2N4O3. The third kappa shape index (κ3) is 4.86. The summed E-state index contributed by atoms with van der Waals surface area (Å²) in [7, 11) is 3.30. The monoisotopic (exact) mass is 460 g/mol. The van der Waals surface area contributed by atoms with Gasteiger partial charge in [0.1, 0.15) is 11.5 Å². The molecule has 7 nitrogen and oxygen atoms in total. The van der Waals surface area contributed by atoms with E-state index in [-0.39, 0.29) is 30.4 Å². The van der Waals surface area contributed by atoms with E-state index in [0.717, 1.165) is 18.7 Å². The number of hydrogen-bond donors (Lipinski definition) is 1. The van der Waals surface area contributed by atoms with Crippen LogP contribution in [-0.2, 0) is 0 Å². The molecule has 178 valence electrons. The highest BCUT2D eigenvalue weighted by molar-refractivity contribution is 5.93. The number of carbonyl (C=O) groups excluding carboxylic acids is 1. The minimum absolute atomic E-state index is 0.0993. The van der Waals surface area contributed by atoms with E-state index < -0.39 is 11.8 Å². The molecule has 1 saturated carbocycles. The number of aryl methyl sites for hydroxylation is 1. The highest BCUT2D eigenvalue weighted by Crippen LogP contribution is 2.44. The second-order valence-corrected chi connectivity index (χ2v) is 8.77. The minimum Gasteiger partial charge on any atom is -0.493 e. The lowest BCUT2D eigenvalue weighted by molar-refractivity contribution is -0.143. The maximum absolute atomic E-state index is 13.5. The molecule has 4 rings (SSSR count). The highest BCUT2D eigenvalue weighted by Gasteiger charge is 2.48. The number of carbonyl (C=O) groups is 1. The second-order valence-electron chi connectivity index (χ2n) is 8.77. The largest absolute Gasteiger partial charge is 0.493 e. The van der Waals surface area contributed by atoms with Crippen molar-refractivity contribution in [1.82, 2.24) is 14.9 Å². The van der Waals surface area contributed by atoms with Crippen LogP contribution >= 0.6 is 0 Å². The Morgan fingerprint density at radius 3 is 2.52 bits per heavy atom. The van der Waals surface area contributed by atoms with E-state index in [9.17, 15) is 13.6 Å². The summed E-state index contributed by atoms with van der Waals surface area (Å²) in [6.45, 7) is 3.22. The summed E-state index contributed by atoms with van der Waals surface area (Å²) < 4.78 is 37.8. The molecule has 1 amide bonds. The van der Waals surface area contributed by atoms with Crippen molar-refractivity contribution in [3.63, 3.8) is 0 Å². The predicted octanol–water partition coefficient (Wildman–Crippen LogP) is 4.28. The third-order valence-electron chi connectivity index (χ3n) is 6.76. The summed E-state index contributed by atoms with van der Waals surface area (Å²) in [5, 5.41) is 3.05. The first-order valence-electron chi connectivity index (χ1n) is 11.3. The Labute approximate surface area is 192 Å². The van der Waals surface area contributed by atoms with E-state index in [2.05, 4.69) is 22.2 Å². The Morgan fingerprint density at radius 2 is 1.94 bits per heavy atom. The number of aromatic nitrogens is 2. The lowest BCUT2D eigenvalue weighted by atomic mass is 9.81. The van der Waals surface area contributed by atoms with Gasteiger partial charge in [0, 0.05) is 38.8 Å². The number of hydrogen-bond acceptors (Lipinski definition) is 6. The van der Waals surface area contributed by atoms with Gasteiger partial charge in [-0.05, 0) is 49.3 Å². The third-order valence-corrected chi connectivity index (χ3v) is 6.76. The van der Waals surface area contributed by atoms with Crippen LogP contribution in [0.3, 0.4) is 0 Å². The van der Waals surface area contributed by atoms with Crippen molar-refractivity contribution in [2.24, 2.45) is 5.92 Å². The van der Waals surface area contributed by atoms with Crippen LogP contribution < -0.4 is 14.8 Å². The molecule has 0 spiro atoms. The number of alkyl halides is 2. The van der Waals surface area contributed by atoms with Crippen LogP contribution in [0.5, 0.6) is 11.5 Å². The van der Waals surface area contributed by atoms with E-state index in [1.165, 1.54) is 30.5 Å². The van der Waals surface area contributed by atoms with Crippen LogP contribution in [0.4, 0.5) is 14.6 Å². The number of likely N-dealkylation sites (tertiary alicyclic amines) is 1. The van der Waals surface area contributed by atoms with E-state index in [1.54, 1.807) is 4.90 Å². The first-order valence-corrected chi connectivity index (χ1v) is 11.3. The molecule has 3 heterocycles. The summed E-state index contributed by atoms with van der Waals surface area (Å²) in [6, 6.07) is 3.56. The Bertz CT molecular complexity index is 1010. The zero-order chi connectivity index (χ0) is 23.6. The van der Waals surface area contributed by atoms with Crippen molar-refractivity contribution in [2.45, 2.75) is 44.4 Å². The summed E-state index contributed by atoms with van der Waals surface area (Å²) in [4.78, 5) is 23.5. The Hall–Kier alpha value is -2.97. The summed E-state index contributed by atoms with van der Waals surface area (Å²) >= 11 is 0. The van der Waals surface area contributed by atoms with E-state index >= 15 is 0 Å². The molecular weight excluding hydrogens is 430 g/mol. The normalized spacial score (nSPS) is 20.2. The smallest absolute Gasteiger partial charge is 0.272 e. The van der Waals surface area contributed by atoms with Crippen molar-refractivity contribution >= 4 is 11.7 Å². The molecule has 1 N–H and O–H groups in total. The number of ether oxygens (including phenoxy) is 2.